The molecule has 1 aromatic heterocycles. The summed E-state index contributed by atoms with van der Waals surface area (Å²) in [5.41, 5.74) is 3.21. The standard InChI is InChI=1S/C17H23N3O2S/c1-5-14(6-2)18-15(21)10-23-17-20-19-16(22-17)13-8-11(3)7-12(4)9-13/h7-9,14H,5-6,10H2,1-4H3,(H,18,21). The third-order valence-electron chi connectivity index (χ3n) is 3.55. The molecule has 1 amide bonds. The van der Waals surface area contributed by atoms with Crippen LogP contribution in [0.3, 0.4) is 0 Å². The molecule has 0 spiro atoms. The van der Waals surface area contributed by atoms with E-state index in [1.807, 2.05) is 26.0 Å². The Labute approximate surface area is 141 Å². The second kappa shape index (κ2) is 8.15. The lowest BCUT2D eigenvalue weighted by atomic mass is 10.1. The number of nitrogens with one attached hydrogen (secondary N) is 1. The zero-order valence-corrected chi connectivity index (χ0v) is 14.9. The normalized spacial score (nSPS) is 11.0. The van der Waals surface area contributed by atoms with Crippen molar-refractivity contribution in [3.8, 4) is 11.5 Å². The van der Waals surface area contributed by atoms with Gasteiger partial charge in [-0.3, -0.25) is 4.79 Å². The number of benzene rings is 1. The Morgan fingerprint density at radius 2 is 1.83 bits per heavy atom. The fraction of sp³-hybridized carbons (Fsp3) is 0.471. The number of aryl methyl sites for hydroxylation is 2. The maximum atomic E-state index is 11.9. The number of nitrogens with zero attached hydrogens (tertiary/aromatic N) is 2. The number of carbonyl (C=O) groups is 1. The zero-order chi connectivity index (χ0) is 16.8. The molecule has 2 aromatic rings. The molecule has 0 saturated carbocycles. The fourth-order valence-electron chi connectivity index (χ4n) is 2.37. The molecule has 124 valence electrons. The fourth-order valence-corrected chi connectivity index (χ4v) is 2.95. The summed E-state index contributed by atoms with van der Waals surface area (Å²) in [5, 5.41) is 11.5. The summed E-state index contributed by atoms with van der Waals surface area (Å²) in [6.45, 7) is 8.20. The van der Waals surface area contributed by atoms with Crippen LogP contribution in [0.15, 0.2) is 27.8 Å². The predicted octanol–water partition coefficient (Wildman–Crippen LogP) is 3.75. The minimum atomic E-state index is -0.00477. The highest BCUT2D eigenvalue weighted by atomic mass is 32.2. The van der Waals surface area contributed by atoms with Crippen LogP contribution in [0, 0.1) is 13.8 Å². The van der Waals surface area contributed by atoms with Crippen LogP contribution in [0.4, 0.5) is 0 Å². The third-order valence-corrected chi connectivity index (χ3v) is 4.37. The summed E-state index contributed by atoms with van der Waals surface area (Å²) >= 11 is 1.26. The van der Waals surface area contributed by atoms with Crippen LogP contribution in [0.5, 0.6) is 0 Å². The van der Waals surface area contributed by atoms with Crippen LogP contribution in [0.1, 0.15) is 37.8 Å². The Hall–Kier alpha value is -1.82. The van der Waals surface area contributed by atoms with Crippen LogP contribution >= 0.6 is 11.8 Å². The Balaban J connectivity index is 1.96. The second-order valence-corrected chi connectivity index (χ2v) is 6.55. The van der Waals surface area contributed by atoms with Gasteiger partial charge in [0.15, 0.2) is 0 Å². The molecule has 5 nitrogen and oxygen atoms in total. The summed E-state index contributed by atoms with van der Waals surface area (Å²) in [5.74, 6) is 0.764. The number of carbonyl (C=O) groups excluding carboxylic acids is 1. The van der Waals surface area contributed by atoms with E-state index in [0.29, 0.717) is 11.1 Å². The van der Waals surface area contributed by atoms with Crippen LogP contribution in [0.2, 0.25) is 0 Å². The quantitative estimate of drug-likeness (QED) is 0.782. The van der Waals surface area contributed by atoms with E-state index in [9.17, 15) is 4.79 Å². The summed E-state index contributed by atoms with van der Waals surface area (Å²) in [4.78, 5) is 11.9. The van der Waals surface area contributed by atoms with Gasteiger partial charge in [-0.15, -0.1) is 10.2 Å². The SMILES string of the molecule is CCC(CC)NC(=O)CSc1nnc(-c2cc(C)cc(C)c2)o1. The van der Waals surface area contributed by atoms with E-state index in [2.05, 4.69) is 35.4 Å². The van der Waals surface area contributed by atoms with Crippen molar-refractivity contribution in [2.24, 2.45) is 0 Å². The minimum Gasteiger partial charge on any atom is -0.411 e. The van der Waals surface area contributed by atoms with Gasteiger partial charge in [-0.25, -0.2) is 0 Å². The zero-order valence-electron chi connectivity index (χ0n) is 14.0. The van der Waals surface area contributed by atoms with Crippen molar-refractivity contribution in [2.45, 2.75) is 51.8 Å². The van der Waals surface area contributed by atoms with Gasteiger partial charge in [0.25, 0.3) is 5.22 Å². The summed E-state index contributed by atoms with van der Waals surface area (Å²) in [6.07, 6.45) is 1.87. The molecule has 0 aliphatic heterocycles. The minimum absolute atomic E-state index is 0.00477. The highest BCUT2D eigenvalue weighted by molar-refractivity contribution is 7.99. The number of rotatable bonds is 7. The molecule has 2 rings (SSSR count). The maximum absolute atomic E-state index is 11.9. The van der Waals surface area contributed by atoms with Gasteiger partial charge in [0.1, 0.15) is 0 Å². The van der Waals surface area contributed by atoms with E-state index in [4.69, 9.17) is 4.42 Å². The van der Waals surface area contributed by atoms with Gasteiger partial charge in [-0.1, -0.05) is 42.8 Å². The lowest BCUT2D eigenvalue weighted by Gasteiger charge is -2.13. The molecule has 0 fully saturated rings. The van der Waals surface area contributed by atoms with Gasteiger partial charge < -0.3 is 9.73 Å². The van der Waals surface area contributed by atoms with E-state index in [0.717, 1.165) is 29.5 Å². The first-order chi connectivity index (χ1) is 11.0. The van der Waals surface area contributed by atoms with Gasteiger partial charge >= 0.3 is 0 Å². The lowest BCUT2D eigenvalue weighted by Crippen LogP contribution is -2.34. The van der Waals surface area contributed by atoms with Crippen LogP contribution < -0.4 is 5.32 Å². The first-order valence-corrected chi connectivity index (χ1v) is 8.84. The number of amides is 1. The molecule has 1 N–H and O–H groups in total. The molecule has 0 bridgehead atoms. The van der Waals surface area contributed by atoms with Gasteiger partial charge in [0.05, 0.1) is 5.75 Å². The number of hydrogen-bond donors (Lipinski definition) is 1. The van der Waals surface area contributed by atoms with Crippen molar-refractivity contribution in [1.29, 1.82) is 0 Å². The third kappa shape index (κ3) is 5.10. The first-order valence-electron chi connectivity index (χ1n) is 7.86. The largest absolute Gasteiger partial charge is 0.411 e. The number of hydrogen-bond acceptors (Lipinski definition) is 5. The molecule has 0 aliphatic rings. The average molecular weight is 333 g/mol. The van der Waals surface area contributed by atoms with Crippen LogP contribution in [-0.4, -0.2) is 27.9 Å². The van der Waals surface area contributed by atoms with Crippen molar-refractivity contribution in [1.82, 2.24) is 15.5 Å². The van der Waals surface area contributed by atoms with Gasteiger partial charge in [-0.2, -0.15) is 0 Å². The molecule has 23 heavy (non-hydrogen) atoms. The molecule has 1 aromatic carbocycles. The molecule has 6 heteroatoms. The Morgan fingerprint density at radius 1 is 1.17 bits per heavy atom. The molecule has 0 atom stereocenters. The van der Waals surface area contributed by atoms with Crippen molar-refractivity contribution in [3.63, 3.8) is 0 Å². The smallest absolute Gasteiger partial charge is 0.277 e. The van der Waals surface area contributed by atoms with Crippen LogP contribution in [-0.2, 0) is 4.79 Å². The van der Waals surface area contributed by atoms with Crippen molar-refractivity contribution >= 4 is 17.7 Å². The van der Waals surface area contributed by atoms with E-state index >= 15 is 0 Å². The topological polar surface area (TPSA) is 68.0 Å². The Bertz CT molecular complexity index is 645. The maximum Gasteiger partial charge on any atom is 0.277 e. The van der Waals surface area contributed by atoms with Crippen LogP contribution in [0.25, 0.3) is 11.5 Å². The molecular formula is C17H23N3O2S. The monoisotopic (exact) mass is 333 g/mol. The number of aromatic nitrogens is 2. The molecule has 0 saturated heterocycles. The van der Waals surface area contributed by atoms with E-state index in [1.165, 1.54) is 11.8 Å². The molecular weight excluding hydrogens is 310 g/mol. The Morgan fingerprint density at radius 3 is 2.43 bits per heavy atom. The van der Waals surface area contributed by atoms with E-state index in [1.54, 1.807) is 0 Å². The predicted molar refractivity (Wildman–Crippen MR) is 92.4 cm³/mol. The van der Waals surface area contributed by atoms with Gasteiger partial charge in [0, 0.05) is 11.6 Å². The summed E-state index contributed by atoms with van der Waals surface area (Å²) in [6, 6.07) is 6.35. The summed E-state index contributed by atoms with van der Waals surface area (Å²) in [7, 11) is 0. The number of thioether (sulfide) groups is 1. The highest BCUT2D eigenvalue weighted by Crippen LogP contribution is 2.24. The second-order valence-electron chi connectivity index (χ2n) is 5.62. The van der Waals surface area contributed by atoms with Crippen molar-refractivity contribution in [3.05, 3.63) is 29.3 Å². The highest BCUT2D eigenvalue weighted by Gasteiger charge is 2.13. The van der Waals surface area contributed by atoms with Crippen molar-refractivity contribution in [2.75, 3.05) is 5.75 Å². The molecule has 1 heterocycles. The average Bonchev–Trinajstić information content (AvgIpc) is 2.98. The van der Waals surface area contributed by atoms with Gasteiger partial charge in [-0.05, 0) is 38.8 Å². The van der Waals surface area contributed by atoms with E-state index < -0.39 is 0 Å². The molecule has 0 unspecified atom stereocenters. The summed E-state index contributed by atoms with van der Waals surface area (Å²) < 4.78 is 5.65. The first kappa shape index (κ1) is 17.5. The lowest BCUT2D eigenvalue weighted by molar-refractivity contribution is -0.119. The van der Waals surface area contributed by atoms with Crippen molar-refractivity contribution < 1.29 is 9.21 Å². The molecule has 0 radical (unpaired) electrons. The van der Waals surface area contributed by atoms with E-state index in [-0.39, 0.29) is 17.7 Å². The molecule has 0 aliphatic carbocycles. The Kier molecular flexibility index (Phi) is 6.21. The van der Waals surface area contributed by atoms with Gasteiger partial charge in [0.2, 0.25) is 11.8 Å².